The molecule has 0 bridgehead atoms. The Kier molecular flexibility index (Phi) is 7.77. The monoisotopic (exact) mass is 364 g/mol. The van der Waals surface area contributed by atoms with Gasteiger partial charge in [0.15, 0.2) is 0 Å². The highest BCUT2D eigenvalue weighted by atomic mass is 35.5. The van der Waals surface area contributed by atoms with Crippen LogP contribution in [0.2, 0.25) is 5.02 Å². The number of sulfonamides is 1. The lowest BCUT2D eigenvalue weighted by Crippen LogP contribution is -2.45. The van der Waals surface area contributed by atoms with E-state index in [4.69, 9.17) is 21.1 Å². The van der Waals surface area contributed by atoms with Crippen LogP contribution in [0.5, 0.6) is 5.75 Å². The van der Waals surface area contributed by atoms with Crippen molar-refractivity contribution in [1.29, 1.82) is 0 Å². The Labute approximate surface area is 141 Å². The van der Waals surface area contributed by atoms with Gasteiger partial charge in [0, 0.05) is 20.3 Å². The number of nitrogens with one attached hydrogen (secondary N) is 2. The third kappa shape index (κ3) is 5.98. The molecule has 1 amide bonds. The van der Waals surface area contributed by atoms with E-state index in [9.17, 15) is 13.2 Å². The number of benzene rings is 1. The van der Waals surface area contributed by atoms with Crippen molar-refractivity contribution >= 4 is 27.5 Å². The first-order valence-corrected chi connectivity index (χ1v) is 8.80. The van der Waals surface area contributed by atoms with E-state index in [-0.39, 0.29) is 9.92 Å². The average molecular weight is 365 g/mol. The zero-order chi connectivity index (χ0) is 17.5. The van der Waals surface area contributed by atoms with Gasteiger partial charge in [-0.1, -0.05) is 11.6 Å². The van der Waals surface area contributed by atoms with Crippen LogP contribution in [0, 0.1) is 0 Å². The lowest BCUT2D eigenvalue weighted by atomic mass is 10.3. The molecule has 130 valence electrons. The normalized spacial score (nSPS) is 12.7. The van der Waals surface area contributed by atoms with E-state index in [1.54, 1.807) is 7.11 Å². The van der Waals surface area contributed by atoms with E-state index in [1.807, 2.05) is 0 Å². The van der Waals surface area contributed by atoms with Gasteiger partial charge >= 0.3 is 0 Å². The van der Waals surface area contributed by atoms with E-state index in [0.717, 1.165) is 0 Å². The van der Waals surface area contributed by atoms with Crippen LogP contribution in [0.4, 0.5) is 0 Å². The summed E-state index contributed by atoms with van der Waals surface area (Å²) >= 11 is 5.92. The second-order valence-electron chi connectivity index (χ2n) is 4.78. The second-order valence-corrected chi connectivity index (χ2v) is 6.90. The molecule has 7 nitrogen and oxygen atoms in total. The number of carbonyl (C=O) groups excluding carboxylic acids is 1. The zero-order valence-electron chi connectivity index (χ0n) is 13.3. The Morgan fingerprint density at radius 2 is 2.04 bits per heavy atom. The van der Waals surface area contributed by atoms with Crippen molar-refractivity contribution in [3.05, 3.63) is 23.2 Å². The molecule has 0 heterocycles. The third-order valence-electron chi connectivity index (χ3n) is 2.98. The molecule has 1 rings (SSSR count). The topological polar surface area (TPSA) is 93.7 Å². The number of rotatable bonds is 9. The van der Waals surface area contributed by atoms with Gasteiger partial charge in [-0.05, 0) is 31.5 Å². The molecule has 0 aliphatic heterocycles. The van der Waals surface area contributed by atoms with Crippen molar-refractivity contribution in [2.75, 3.05) is 27.4 Å². The summed E-state index contributed by atoms with van der Waals surface area (Å²) in [6.07, 6.45) is 0.649. The van der Waals surface area contributed by atoms with Crippen molar-refractivity contribution in [2.45, 2.75) is 24.3 Å². The van der Waals surface area contributed by atoms with Crippen LogP contribution < -0.4 is 14.8 Å². The maximum Gasteiger partial charge on any atom is 0.241 e. The molecule has 0 aromatic heterocycles. The summed E-state index contributed by atoms with van der Waals surface area (Å²) in [6.45, 7) is 2.40. The molecule has 23 heavy (non-hydrogen) atoms. The Balaban J connectivity index is 2.70. The zero-order valence-corrected chi connectivity index (χ0v) is 14.8. The van der Waals surface area contributed by atoms with E-state index < -0.39 is 22.0 Å². The summed E-state index contributed by atoms with van der Waals surface area (Å²) < 4.78 is 36.7. The van der Waals surface area contributed by atoms with Gasteiger partial charge in [0.25, 0.3) is 0 Å². The fraction of sp³-hybridized carbons (Fsp3) is 0.500. The van der Waals surface area contributed by atoms with Crippen LogP contribution in [-0.4, -0.2) is 47.7 Å². The van der Waals surface area contributed by atoms with Gasteiger partial charge in [-0.3, -0.25) is 4.79 Å². The molecule has 0 spiro atoms. The lowest BCUT2D eigenvalue weighted by Gasteiger charge is -2.15. The third-order valence-corrected chi connectivity index (χ3v) is 4.82. The summed E-state index contributed by atoms with van der Waals surface area (Å²) in [4.78, 5) is 11.8. The second kappa shape index (κ2) is 9.07. The standard InChI is InChI=1S/C14H21ClN2O5S/c1-10(14(18)16-7-4-8-21-2)17-23(19,20)11-5-6-13(22-3)12(15)9-11/h5-6,9-10,17H,4,7-8H2,1-3H3,(H,16,18)/t10-/m1/s1. The number of amides is 1. The largest absolute Gasteiger partial charge is 0.495 e. The maximum atomic E-state index is 12.3. The molecule has 0 unspecified atom stereocenters. The fourth-order valence-electron chi connectivity index (χ4n) is 1.75. The van der Waals surface area contributed by atoms with E-state index in [0.29, 0.717) is 25.3 Å². The molecule has 1 aromatic rings. The number of hydrogen-bond donors (Lipinski definition) is 2. The molecule has 1 aromatic carbocycles. The molecule has 9 heteroatoms. The minimum absolute atomic E-state index is 0.0395. The molecule has 2 N–H and O–H groups in total. The van der Waals surface area contributed by atoms with Gasteiger partial charge in [-0.15, -0.1) is 0 Å². The Morgan fingerprint density at radius 3 is 2.61 bits per heavy atom. The van der Waals surface area contributed by atoms with Crippen LogP contribution in [0.15, 0.2) is 23.1 Å². The van der Waals surface area contributed by atoms with E-state index >= 15 is 0 Å². The summed E-state index contributed by atoms with van der Waals surface area (Å²) in [5, 5.41) is 2.80. The molecular weight excluding hydrogens is 344 g/mol. The summed E-state index contributed by atoms with van der Waals surface area (Å²) in [5.41, 5.74) is 0. The van der Waals surface area contributed by atoms with Gasteiger partial charge in [-0.25, -0.2) is 8.42 Å². The minimum atomic E-state index is -3.86. The van der Waals surface area contributed by atoms with Gasteiger partial charge < -0.3 is 14.8 Å². The number of ether oxygens (including phenoxy) is 2. The molecule has 0 radical (unpaired) electrons. The molecule has 0 aliphatic rings. The molecule has 0 saturated heterocycles. The van der Waals surface area contributed by atoms with Crippen LogP contribution in [0.3, 0.4) is 0 Å². The van der Waals surface area contributed by atoms with Gasteiger partial charge in [-0.2, -0.15) is 4.72 Å². The van der Waals surface area contributed by atoms with Crippen LogP contribution in [-0.2, 0) is 19.6 Å². The average Bonchev–Trinajstić information content (AvgIpc) is 2.50. The van der Waals surface area contributed by atoms with E-state index in [2.05, 4.69) is 10.0 Å². The van der Waals surface area contributed by atoms with Gasteiger partial charge in [0.05, 0.1) is 23.1 Å². The summed E-state index contributed by atoms with van der Waals surface area (Å²) in [6, 6.07) is 3.16. The highest BCUT2D eigenvalue weighted by Crippen LogP contribution is 2.26. The van der Waals surface area contributed by atoms with Gasteiger partial charge in [0.2, 0.25) is 15.9 Å². The van der Waals surface area contributed by atoms with Gasteiger partial charge in [0.1, 0.15) is 5.75 Å². The molecule has 1 atom stereocenters. The molecular formula is C14H21ClN2O5S. The van der Waals surface area contributed by atoms with E-state index in [1.165, 1.54) is 32.2 Å². The number of carbonyl (C=O) groups is 1. The lowest BCUT2D eigenvalue weighted by molar-refractivity contribution is -0.122. The predicted molar refractivity (Wildman–Crippen MR) is 87.3 cm³/mol. The smallest absolute Gasteiger partial charge is 0.241 e. The SMILES string of the molecule is COCCCNC(=O)[C@@H](C)NS(=O)(=O)c1ccc(OC)c(Cl)c1. The number of hydrogen-bond acceptors (Lipinski definition) is 5. The quantitative estimate of drug-likeness (QED) is 0.641. The first-order chi connectivity index (χ1) is 10.8. The highest BCUT2D eigenvalue weighted by Gasteiger charge is 2.22. The van der Waals surface area contributed by atoms with Crippen LogP contribution >= 0.6 is 11.6 Å². The Hall–Kier alpha value is -1.35. The minimum Gasteiger partial charge on any atom is -0.495 e. The predicted octanol–water partition coefficient (Wildman–Crippen LogP) is 1.17. The Morgan fingerprint density at radius 1 is 1.35 bits per heavy atom. The summed E-state index contributed by atoms with van der Waals surface area (Å²) in [7, 11) is -0.861. The first kappa shape index (κ1) is 19.7. The molecule has 0 aliphatic carbocycles. The molecule has 0 fully saturated rings. The van der Waals surface area contributed by atoms with Crippen molar-refractivity contribution < 1.29 is 22.7 Å². The number of halogens is 1. The van der Waals surface area contributed by atoms with Crippen molar-refractivity contribution in [3.8, 4) is 5.75 Å². The highest BCUT2D eigenvalue weighted by molar-refractivity contribution is 7.89. The first-order valence-electron chi connectivity index (χ1n) is 6.94. The van der Waals surface area contributed by atoms with Crippen LogP contribution in [0.1, 0.15) is 13.3 Å². The number of methoxy groups -OCH3 is 2. The van der Waals surface area contributed by atoms with Crippen molar-refractivity contribution in [3.63, 3.8) is 0 Å². The summed E-state index contributed by atoms with van der Waals surface area (Å²) in [5.74, 6) is -0.0427. The Bertz CT molecular complexity index is 636. The van der Waals surface area contributed by atoms with Crippen molar-refractivity contribution in [1.82, 2.24) is 10.0 Å². The fourth-order valence-corrected chi connectivity index (χ4v) is 3.30. The van der Waals surface area contributed by atoms with Crippen LogP contribution in [0.25, 0.3) is 0 Å². The van der Waals surface area contributed by atoms with Crippen molar-refractivity contribution in [2.24, 2.45) is 0 Å². The molecule has 0 saturated carbocycles. The maximum absolute atomic E-state index is 12.3.